The summed E-state index contributed by atoms with van der Waals surface area (Å²) in [6.45, 7) is 5.05. The molecule has 0 aromatic carbocycles. The van der Waals surface area contributed by atoms with Gasteiger partial charge >= 0.3 is 0 Å². The highest BCUT2D eigenvalue weighted by Crippen LogP contribution is 2.29. The minimum Gasteiger partial charge on any atom is -0.315 e. The van der Waals surface area contributed by atoms with E-state index < -0.39 is 0 Å². The molecule has 2 fully saturated rings. The van der Waals surface area contributed by atoms with Crippen LogP contribution in [0.15, 0.2) is 0 Å². The Hall–Kier alpha value is -0.0800. The Balaban J connectivity index is 1.86. The molecule has 2 nitrogen and oxygen atoms in total. The summed E-state index contributed by atoms with van der Waals surface area (Å²) in [4.78, 5) is 2.78. The molecule has 1 N–H and O–H groups in total. The Labute approximate surface area is 101 Å². The predicted octanol–water partition coefficient (Wildman–Crippen LogP) is 2.64. The third kappa shape index (κ3) is 2.78. The van der Waals surface area contributed by atoms with Crippen LogP contribution < -0.4 is 5.32 Å². The molecule has 0 radical (unpaired) electrons. The Morgan fingerprint density at radius 3 is 2.75 bits per heavy atom. The molecule has 1 heterocycles. The van der Waals surface area contributed by atoms with Gasteiger partial charge in [-0.25, -0.2) is 0 Å². The zero-order valence-electron chi connectivity index (χ0n) is 11.0. The Kier molecular flexibility index (Phi) is 4.66. The zero-order chi connectivity index (χ0) is 11.4. The summed E-state index contributed by atoms with van der Waals surface area (Å²) < 4.78 is 0. The van der Waals surface area contributed by atoms with E-state index in [9.17, 15) is 0 Å². The van der Waals surface area contributed by atoms with Crippen LogP contribution in [0, 0.1) is 5.92 Å². The first kappa shape index (κ1) is 12.4. The molecule has 16 heavy (non-hydrogen) atoms. The van der Waals surface area contributed by atoms with Crippen LogP contribution in [-0.4, -0.2) is 37.1 Å². The lowest BCUT2D eigenvalue weighted by Gasteiger charge is -2.38. The van der Waals surface area contributed by atoms with Gasteiger partial charge in [0.1, 0.15) is 0 Å². The van der Waals surface area contributed by atoms with Crippen LogP contribution in [0.3, 0.4) is 0 Å². The number of hydrogen-bond donors (Lipinski definition) is 1. The van der Waals surface area contributed by atoms with E-state index in [1.807, 2.05) is 0 Å². The van der Waals surface area contributed by atoms with Crippen molar-refractivity contribution in [2.45, 2.75) is 64.0 Å². The quantitative estimate of drug-likeness (QED) is 0.790. The molecule has 94 valence electrons. The van der Waals surface area contributed by atoms with Crippen molar-refractivity contribution in [3.05, 3.63) is 0 Å². The van der Waals surface area contributed by atoms with Crippen LogP contribution in [0.4, 0.5) is 0 Å². The molecular formula is C14H28N2. The average Bonchev–Trinajstić information content (AvgIpc) is 2.78. The van der Waals surface area contributed by atoms with Gasteiger partial charge in [-0.3, -0.25) is 4.90 Å². The first-order chi connectivity index (χ1) is 7.85. The topological polar surface area (TPSA) is 15.3 Å². The molecule has 2 rings (SSSR count). The lowest BCUT2D eigenvalue weighted by molar-refractivity contribution is 0.147. The third-order valence-electron chi connectivity index (χ3n) is 4.58. The Morgan fingerprint density at radius 1 is 1.19 bits per heavy atom. The second-order valence-corrected chi connectivity index (χ2v) is 5.69. The molecule has 1 saturated heterocycles. The largest absolute Gasteiger partial charge is 0.315 e. The molecular weight excluding hydrogens is 196 g/mol. The van der Waals surface area contributed by atoms with Crippen LogP contribution in [-0.2, 0) is 0 Å². The minimum atomic E-state index is 0.758. The number of nitrogens with zero attached hydrogens (tertiary/aromatic N) is 1. The maximum absolute atomic E-state index is 3.54. The minimum absolute atomic E-state index is 0.758. The van der Waals surface area contributed by atoms with Gasteiger partial charge in [-0.15, -0.1) is 0 Å². The highest BCUT2D eigenvalue weighted by molar-refractivity contribution is 4.90. The number of hydrogen-bond acceptors (Lipinski definition) is 2. The van der Waals surface area contributed by atoms with Crippen molar-refractivity contribution in [2.75, 3.05) is 20.1 Å². The molecule has 1 aliphatic carbocycles. The molecule has 1 aliphatic heterocycles. The van der Waals surface area contributed by atoms with E-state index >= 15 is 0 Å². The van der Waals surface area contributed by atoms with E-state index in [0.29, 0.717) is 0 Å². The van der Waals surface area contributed by atoms with Gasteiger partial charge in [-0.05, 0) is 45.2 Å². The van der Waals surface area contributed by atoms with Crippen molar-refractivity contribution in [3.8, 4) is 0 Å². The van der Waals surface area contributed by atoms with Crippen LogP contribution >= 0.6 is 0 Å². The van der Waals surface area contributed by atoms with Crippen molar-refractivity contribution >= 4 is 0 Å². The summed E-state index contributed by atoms with van der Waals surface area (Å²) in [5.41, 5.74) is 0. The van der Waals surface area contributed by atoms with Crippen molar-refractivity contribution in [1.29, 1.82) is 0 Å². The molecule has 2 aliphatic rings. The Bertz CT molecular complexity index is 205. The second-order valence-electron chi connectivity index (χ2n) is 5.69. The van der Waals surface area contributed by atoms with E-state index in [1.54, 1.807) is 0 Å². The third-order valence-corrected chi connectivity index (χ3v) is 4.58. The van der Waals surface area contributed by atoms with E-state index in [4.69, 9.17) is 0 Å². The fourth-order valence-corrected chi connectivity index (χ4v) is 3.69. The zero-order valence-corrected chi connectivity index (χ0v) is 11.0. The van der Waals surface area contributed by atoms with Gasteiger partial charge in [0.15, 0.2) is 0 Å². The maximum Gasteiger partial charge on any atom is 0.0249 e. The van der Waals surface area contributed by atoms with E-state index in [1.165, 1.54) is 58.0 Å². The molecule has 1 saturated carbocycles. The van der Waals surface area contributed by atoms with Crippen LogP contribution in [0.1, 0.15) is 51.9 Å². The second kappa shape index (κ2) is 6.02. The molecule has 3 unspecified atom stereocenters. The molecule has 0 bridgehead atoms. The molecule has 0 amide bonds. The monoisotopic (exact) mass is 224 g/mol. The first-order valence-electron chi connectivity index (χ1n) is 7.26. The predicted molar refractivity (Wildman–Crippen MR) is 69.7 cm³/mol. The van der Waals surface area contributed by atoms with Gasteiger partial charge in [-0.2, -0.15) is 0 Å². The lowest BCUT2D eigenvalue weighted by Crippen LogP contribution is -2.50. The SMILES string of the molecule is CCCC1CCN(C2CCCCC2NC)C1. The summed E-state index contributed by atoms with van der Waals surface area (Å²) in [5.74, 6) is 0.990. The molecule has 3 atom stereocenters. The van der Waals surface area contributed by atoms with Crippen LogP contribution in [0.2, 0.25) is 0 Å². The summed E-state index contributed by atoms with van der Waals surface area (Å²) in [6.07, 6.45) is 9.92. The molecule has 0 aromatic rings. The molecule has 0 spiro atoms. The summed E-state index contributed by atoms with van der Waals surface area (Å²) in [6, 6.07) is 1.59. The van der Waals surface area contributed by atoms with Gasteiger partial charge in [0.05, 0.1) is 0 Å². The van der Waals surface area contributed by atoms with E-state index in [-0.39, 0.29) is 0 Å². The summed E-state index contributed by atoms with van der Waals surface area (Å²) >= 11 is 0. The summed E-state index contributed by atoms with van der Waals surface area (Å²) in [5, 5.41) is 3.54. The molecule has 2 heteroatoms. The first-order valence-corrected chi connectivity index (χ1v) is 7.26. The van der Waals surface area contributed by atoms with Crippen LogP contribution in [0.25, 0.3) is 0 Å². The van der Waals surface area contributed by atoms with E-state index in [2.05, 4.69) is 24.2 Å². The summed E-state index contributed by atoms with van der Waals surface area (Å²) in [7, 11) is 2.14. The number of likely N-dealkylation sites (tertiary alicyclic amines) is 1. The van der Waals surface area contributed by atoms with Gasteiger partial charge in [0, 0.05) is 18.6 Å². The highest BCUT2D eigenvalue weighted by Gasteiger charge is 2.33. The van der Waals surface area contributed by atoms with Gasteiger partial charge in [0.2, 0.25) is 0 Å². The average molecular weight is 224 g/mol. The van der Waals surface area contributed by atoms with Crippen molar-refractivity contribution in [1.82, 2.24) is 10.2 Å². The van der Waals surface area contributed by atoms with Crippen molar-refractivity contribution < 1.29 is 0 Å². The van der Waals surface area contributed by atoms with Gasteiger partial charge < -0.3 is 5.32 Å². The van der Waals surface area contributed by atoms with E-state index in [0.717, 1.165) is 18.0 Å². The smallest absolute Gasteiger partial charge is 0.0249 e. The number of likely N-dealkylation sites (N-methyl/N-ethyl adjacent to an activating group) is 1. The van der Waals surface area contributed by atoms with Crippen molar-refractivity contribution in [3.63, 3.8) is 0 Å². The number of nitrogens with one attached hydrogen (secondary N) is 1. The Morgan fingerprint density at radius 2 is 2.00 bits per heavy atom. The van der Waals surface area contributed by atoms with Gasteiger partial charge in [-0.1, -0.05) is 26.2 Å². The molecule has 0 aromatic heterocycles. The standard InChI is InChI=1S/C14H28N2/c1-3-6-12-9-10-16(11-12)14-8-5-4-7-13(14)15-2/h12-15H,3-11H2,1-2H3. The van der Waals surface area contributed by atoms with Gasteiger partial charge in [0.25, 0.3) is 0 Å². The fourth-order valence-electron chi connectivity index (χ4n) is 3.69. The number of rotatable bonds is 4. The van der Waals surface area contributed by atoms with Crippen molar-refractivity contribution in [2.24, 2.45) is 5.92 Å². The fraction of sp³-hybridized carbons (Fsp3) is 1.00. The maximum atomic E-state index is 3.54. The highest BCUT2D eigenvalue weighted by atomic mass is 15.2. The lowest BCUT2D eigenvalue weighted by atomic mass is 9.89. The van der Waals surface area contributed by atoms with Crippen LogP contribution in [0.5, 0.6) is 0 Å². The normalized spacial score (nSPS) is 36.8.